The van der Waals surface area contributed by atoms with Crippen molar-refractivity contribution in [1.29, 1.82) is 0 Å². The molecule has 0 amide bonds. The van der Waals surface area contributed by atoms with Crippen molar-refractivity contribution in [3.63, 3.8) is 0 Å². The van der Waals surface area contributed by atoms with Crippen LogP contribution < -0.4 is 9.47 Å². The lowest BCUT2D eigenvalue weighted by Crippen LogP contribution is -2.01. The predicted octanol–water partition coefficient (Wildman–Crippen LogP) is 4.88. The van der Waals surface area contributed by atoms with E-state index >= 15 is 0 Å². The quantitative estimate of drug-likeness (QED) is 0.733. The number of methoxy groups -OCH3 is 2. The first-order valence-electron chi connectivity index (χ1n) is 6.25. The number of ether oxygens (including phenoxy) is 2. The van der Waals surface area contributed by atoms with Gasteiger partial charge < -0.3 is 9.47 Å². The van der Waals surface area contributed by atoms with Gasteiger partial charge in [-0.05, 0) is 24.1 Å². The minimum absolute atomic E-state index is 0.236. The average Bonchev–Trinajstić information content (AvgIpc) is 2.48. The highest BCUT2D eigenvalue weighted by molar-refractivity contribution is 6.31. The van der Waals surface area contributed by atoms with Crippen molar-refractivity contribution < 1.29 is 9.47 Å². The van der Waals surface area contributed by atoms with Crippen molar-refractivity contribution in [2.75, 3.05) is 14.2 Å². The van der Waals surface area contributed by atoms with E-state index in [1.165, 1.54) is 0 Å². The molecule has 4 heteroatoms. The van der Waals surface area contributed by atoms with Gasteiger partial charge in [-0.15, -0.1) is 11.6 Å². The molecule has 0 aliphatic carbocycles. The molecule has 0 radical (unpaired) electrons. The summed E-state index contributed by atoms with van der Waals surface area (Å²) in [6.07, 6.45) is 0.630. The van der Waals surface area contributed by atoms with Gasteiger partial charge in [0, 0.05) is 10.6 Å². The molecule has 0 spiro atoms. The highest BCUT2D eigenvalue weighted by atomic mass is 35.5. The maximum absolute atomic E-state index is 6.53. The van der Waals surface area contributed by atoms with E-state index in [1.54, 1.807) is 14.2 Å². The van der Waals surface area contributed by atoms with E-state index in [1.807, 2.05) is 42.5 Å². The fraction of sp³-hybridized carbons (Fsp3) is 0.250. The van der Waals surface area contributed by atoms with Crippen LogP contribution in [0.5, 0.6) is 11.5 Å². The zero-order valence-corrected chi connectivity index (χ0v) is 12.9. The number of rotatable bonds is 5. The van der Waals surface area contributed by atoms with Crippen molar-refractivity contribution >= 4 is 23.2 Å². The van der Waals surface area contributed by atoms with Gasteiger partial charge >= 0.3 is 0 Å². The summed E-state index contributed by atoms with van der Waals surface area (Å²) in [5, 5.41) is 0.486. The first-order chi connectivity index (χ1) is 9.67. The molecule has 20 heavy (non-hydrogen) atoms. The van der Waals surface area contributed by atoms with Crippen LogP contribution in [0.3, 0.4) is 0 Å². The second kappa shape index (κ2) is 6.87. The SMILES string of the molecule is COc1cccc(C(Cl)Cc2ccccc2Cl)c1OC. The Morgan fingerprint density at radius 3 is 2.40 bits per heavy atom. The van der Waals surface area contributed by atoms with Gasteiger partial charge in [0.2, 0.25) is 0 Å². The number of para-hydroxylation sites is 1. The summed E-state index contributed by atoms with van der Waals surface area (Å²) in [5.74, 6) is 1.34. The van der Waals surface area contributed by atoms with E-state index in [-0.39, 0.29) is 5.38 Å². The van der Waals surface area contributed by atoms with Crippen molar-refractivity contribution in [3.05, 3.63) is 58.6 Å². The van der Waals surface area contributed by atoms with Crippen LogP contribution in [0, 0.1) is 0 Å². The van der Waals surface area contributed by atoms with Crippen LogP contribution in [-0.4, -0.2) is 14.2 Å². The molecule has 0 aliphatic heterocycles. The Balaban J connectivity index is 2.30. The van der Waals surface area contributed by atoms with E-state index in [4.69, 9.17) is 32.7 Å². The second-order valence-corrected chi connectivity index (χ2v) is 5.28. The molecule has 0 fully saturated rings. The van der Waals surface area contributed by atoms with Crippen LogP contribution >= 0.6 is 23.2 Å². The van der Waals surface area contributed by atoms with Crippen LogP contribution in [0.15, 0.2) is 42.5 Å². The summed E-state index contributed by atoms with van der Waals surface area (Å²) in [6.45, 7) is 0. The van der Waals surface area contributed by atoms with Gasteiger partial charge in [-0.1, -0.05) is 41.9 Å². The normalized spacial score (nSPS) is 12.0. The molecule has 0 aliphatic rings. The van der Waals surface area contributed by atoms with Crippen molar-refractivity contribution in [3.8, 4) is 11.5 Å². The van der Waals surface area contributed by atoms with Crippen molar-refractivity contribution in [1.82, 2.24) is 0 Å². The Hall–Kier alpha value is -1.38. The third kappa shape index (κ3) is 3.20. The number of hydrogen-bond acceptors (Lipinski definition) is 2. The van der Waals surface area contributed by atoms with Crippen LogP contribution in [0.2, 0.25) is 5.02 Å². The third-order valence-corrected chi connectivity index (χ3v) is 3.89. The van der Waals surface area contributed by atoms with Crippen molar-refractivity contribution in [2.24, 2.45) is 0 Å². The molecular formula is C16H16Cl2O2. The van der Waals surface area contributed by atoms with Crippen LogP contribution in [0.4, 0.5) is 0 Å². The lowest BCUT2D eigenvalue weighted by atomic mass is 10.0. The Kier molecular flexibility index (Phi) is 5.16. The minimum atomic E-state index is -0.236. The molecule has 0 saturated heterocycles. The van der Waals surface area contributed by atoms with Crippen LogP contribution in [-0.2, 0) is 6.42 Å². The fourth-order valence-corrected chi connectivity index (χ4v) is 2.68. The van der Waals surface area contributed by atoms with E-state index < -0.39 is 0 Å². The Morgan fingerprint density at radius 2 is 1.75 bits per heavy atom. The Labute approximate surface area is 129 Å². The first-order valence-corrected chi connectivity index (χ1v) is 7.07. The Bertz CT molecular complexity index is 584. The lowest BCUT2D eigenvalue weighted by molar-refractivity contribution is 0.351. The number of halogens is 2. The summed E-state index contributed by atoms with van der Waals surface area (Å²) < 4.78 is 10.7. The second-order valence-electron chi connectivity index (χ2n) is 4.35. The van der Waals surface area contributed by atoms with Gasteiger partial charge in [-0.25, -0.2) is 0 Å². The standard InChI is InChI=1S/C16H16Cl2O2/c1-19-15-9-5-7-12(16(15)20-2)14(18)10-11-6-3-4-8-13(11)17/h3-9,14H,10H2,1-2H3. The minimum Gasteiger partial charge on any atom is -0.493 e. The Morgan fingerprint density at radius 1 is 1.00 bits per heavy atom. The maximum atomic E-state index is 6.53. The third-order valence-electron chi connectivity index (χ3n) is 3.13. The molecule has 0 saturated carbocycles. The van der Waals surface area contributed by atoms with Crippen LogP contribution in [0.1, 0.15) is 16.5 Å². The fourth-order valence-electron chi connectivity index (χ4n) is 2.13. The summed E-state index contributed by atoms with van der Waals surface area (Å²) in [5.41, 5.74) is 1.91. The van der Waals surface area contributed by atoms with Gasteiger partial charge in [-0.2, -0.15) is 0 Å². The zero-order chi connectivity index (χ0) is 14.5. The summed E-state index contributed by atoms with van der Waals surface area (Å²) in [7, 11) is 3.22. The molecule has 2 aromatic rings. The van der Waals surface area contributed by atoms with Gasteiger partial charge in [0.15, 0.2) is 11.5 Å². The molecule has 0 aromatic heterocycles. The molecule has 0 N–H and O–H groups in total. The average molecular weight is 311 g/mol. The molecular weight excluding hydrogens is 295 g/mol. The largest absolute Gasteiger partial charge is 0.493 e. The van der Waals surface area contributed by atoms with E-state index in [0.29, 0.717) is 17.9 Å². The predicted molar refractivity (Wildman–Crippen MR) is 83.3 cm³/mol. The maximum Gasteiger partial charge on any atom is 0.165 e. The molecule has 0 heterocycles. The summed E-state index contributed by atoms with van der Waals surface area (Å²) in [4.78, 5) is 0. The van der Waals surface area contributed by atoms with E-state index in [2.05, 4.69) is 0 Å². The highest BCUT2D eigenvalue weighted by Gasteiger charge is 2.18. The van der Waals surface area contributed by atoms with Crippen molar-refractivity contribution in [2.45, 2.75) is 11.8 Å². The smallest absolute Gasteiger partial charge is 0.165 e. The molecule has 2 nitrogen and oxygen atoms in total. The molecule has 0 bridgehead atoms. The monoisotopic (exact) mass is 310 g/mol. The molecule has 2 aromatic carbocycles. The van der Waals surface area contributed by atoms with Gasteiger partial charge in [0.25, 0.3) is 0 Å². The van der Waals surface area contributed by atoms with Gasteiger partial charge in [0.1, 0.15) is 0 Å². The number of alkyl halides is 1. The summed E-state index contributed by atoms with van der Waals surface area (Å²) in [6, 6.07) is 13.4. The number of hydrogen-bond donors (Lipinski definition) is 0. The molecule has 106 valence electrons. The van der Waals surface area contributed by atoms with Gasteiger partial charge in [-0.3, -0.25) is 0 Å². The zero-order valence-electron chi connectivity index (χ0n) is 11.4. The highest BCUT2D eigenvalue weighted by Crippen LogP contribution is 2.39. The van der Waals surface area contributed by atoms with E-state index in [9.17, 15) is 0 Å². The van der Waals surface area contributed by atoms with E-state index in [0.717, 1.165) is 16.1 Å². The van der Waals surface area contributed by atoms with Crippen LogP contribution in [0.25, 0.3) is 0 Å². The molecule has 1 atom stereocenters. The number of benzene rings is 2. The lowest BCUT2D eigenvalue weighted by Gasteiger charge is -2.17. The van der Waals surface area contributed by atoms with Gasteiger partial charge in [0.05, 0.1) is 19.6 Å². The summed E-state index contributed by atoms with van der Waals surface area (Å²) >= 11 is 12.7. The molecule has 2 rings (SSSR count). The molecule has 1 unspecified atom stereocenters. The topological polar surface area (TPSA) is 18.5 Å². The first kappa shape index (κ1) is 15.0.